The molecule has 0 saturated carbocycles. The van der Waals surface area contributed by atoms with Crippen LogP contribution in [0.15, 0.2) is 5.38 Å². The summed E-state index contributed by atoms with van der Waals surface area (Å²) >= 11 is 1.61. The van der Waals surface area contributed by atoms with E-state index in [-0.39, 0.29) is 12.1 Å². The van der Waals surface area contributed by atoms with Gasteiger partial charge in [-0.1, -0.05) is 0 Å². The quantitative estimate of drug-likeness (QED) is 0.848. The van der Waals surface area contributed by atoms with E-state index in [4.69, 9.17) is 4.74 Å². The minimum atomic E-state index is 0.00370. The van der Waals surface area contributed by atoms with Crippen molar-refractivity contribution in [3.63, 3.8) is 0 Å². The lowest BCUT2D eigenvalue weighted by molar-refractivity contribution is 0.222. The molecule has 0 fully saturated rings. The van der Waals surface area contributed by atoms with E-state index in [1.165, 1.54) is 0 Å². The standard InChI is InChI=1S/C13H20N6OS/c1-7(2)20-13-18-11(14-5)17-12(19-13)16-9(4)10-15-8(3)6-21-10/h6-7,9H,1-5H3,(H2,14,16,17,18,19). The lowest BCUT2D eigenvalue weighted by atomic mass is 10.3. The summed E-state index contributed by atoms with van der Waals surface area (Å²) in [7, 11) is 1.76. The number of aryl methyl sites for hydroxylation is 1. The van der Waals surface area contributed by atoms with Gasteiger partial charge in [0, 0.05) is 18.1 Å². The fraction of sp³-hybridized carbons (Fsp3) is 0.538. The highest BCUT2D eigenvalue weighted by Crippen LogP contribution is 2.22. The molecule has 1 atom stereocenters. The van der Waals surface area contributed by atoms with Gasteiger partial charge < -0.3 is 15.4 Å². The van der Waals surface area contributed by atoms with Crippen LogP contribution in [-0.4, -0.2) is 33.1 Å². The third kappa shape index (κ3) is 4.25. The van der Waals surface area contributed by atoms with E-state index < -0.39 is 0 Å². The molecule has 0 amide bonds. The first-order valence-corrected chi connectivity index (χ1v) is 7.65. The number of aromatic nitrogens is 4. The van der Waals surface area contributed by atoms with Gasteiger partial charge in [-0.2, -0.15) is 15.0 Å². The molecule has 0 bridgehead atoms. The van der Waals surface area contributed by atoms with Crippen molar-refractivity contribution in [2.24, 2.45) is 0 Å². The van der Waals surface area contributed by atoms with E-state index in [1.807, 2.05) is 33.1 Å². The third-order valence-corrected chi connectivity index (χ3v) is 3.68. The van der Waals surface area contributed by atoms with Gasteiger partial charge in [-0.3, -0.25) is 0 Å². The van der Waals surface area contributed by atoms with Crippen molar-refractivity contribution < 1.29 is 4.74 Å². The molecule has 2 rings (SSSR count). The Morgan fingerprint density at radius 2 is 1.81 bits per heavy atom. The third-order valence-electron chi connectivity index (χ3n) is 2.53. The van der Waals surface area contributed by atoms with Crippen LogP contribution >= 0.6 is 11.3 Å². The summed E-state index contributed by atoms with van der Waals surface area (Å²) in [5.41, 5.74) is 1.01. The molecule has 0 spiro atoms. The lowest BCUT2D eigenvalue weighted by Crippen LogP contribution is -2.14. The maximum absolute atomic E-state index is 5.53. The molecule has 114 valence electrons. The van der Waals surface area contributed by atoms with Crippen molar-refractivity contribution in [3.8, 4) is 6.01 Å². The normalized spacial score (nSPS) is 12.3. The number of rotatable bonds is 6. The largest absolute Gasteiger partial charge is 0.461 e. The van der Waals surface area contributed by atoms with E-state index in [0.717, 1.165) is 10.7 Å². The molecule has 7 nitrogen and oxygen atoms in total. The van der Waals surface area contributed by atoms with Crippen LogP contribution in [0.5, 0.6) is 6.01 Å². The van der Waals surface area contributed by atoms with E-state index in [1.54, 1.807) is 18.4 Å². The summed E-state index contributed by atoms with van der Waals surface area (Å²) in [6.07, 6.45) is 0.00370. The monoisotopic (exact) mass is 308 g/mol. The molecule has 0 aromatic carbocycles. The number of thiazole rings is 1. The number of nitrogens with zero attached hydrogens (tertiary/aromatic N) is 4. The van der Waals surface area contributed by atoms with E-state index in [2.05, 4.69) is 30.6 Å². The first-order chi connectivity index (χ1) is 9.97. The highest BCUT2D eigenvalue weighted by Gasteiger charge is 2.13. The minimum Gasteiger partial charge on any atom is -0.461 e. The summed E-state index contributed by atoms with van der Waals surface area (Å²) < 4.78 is 5.53. The fourth-order valence-electron chi connectivity index (χ4n) is 1.62. The van der Waals surface area contributed by atoms with Crippen LogP contribution in [0.3, 0.4) is 0 Å². The first-order valence-electron chi connectivity index (χ1n) is 6.77. The average molecular weight is 308 g/mol. The van der Waals surface area contributed by atoms with Crippen molar-refractivity contribution in [1.82, 2.24) is 19.9 Å². The van der Waals surface area contributed by atoms with Crippen LogP contribution in [0.25, 0.3) is 0 Å². The van der Waals surface area contributed by atoms with Crippen LogP contribution in [0, 0.1) is 6.92 Å². The van der Waals surface area contributed by atoms with E-state index in [0.29, 0.717) is 17.9 Å². The second kappa shape index (κ2) is 6.66. The number of ether oxygens (including phenoxy) is 1. The molecule has 0 aliphatic rings. The molecule has 2 aromatic rings. The van der Waals surface area contributed by atoms with Gasteiger partial charge in [-0.05, 0) is 27.7 Å². The molecule has 0 radical (unpaired) electrons. The summed E-state index contributed by atoms with van der Waals surface area (Å²) in [5, 5.41) is 9.14. The van der Waals surface area contributed by atoms with Gasteiger partial charge in [0.25, 0.3) is 0 Å². The minimum absolute atomic E-state index is 0.00370. The zero-order valence-electron chi connectivity index (χ0n) is 12.8. The number of hydrogen-bond acceptors (Lipinski definition) is 8. The highest BCUT2D eigenvalue weighted by atomic mass is 32.1. The summed E-state index contributed by atoms with van der Waals surface area (Å²) in [5.74, 6) is 0.927. The summed E-state index contributed by atoms with van der Waals surface area (Å²) in [6.45, 7) is 7.85. The molecule has 8 heteroatoms. The van der Waals surface area contributed by atoms with Gasteiger partial charge in [-0.15, -0.1) is 11.3 Å². The van der Waals surface area contributed by atoms with Crippen molar-refractivity contribution >= 4 is 23.2 Å². The Morgan fingerprint density at radius 1 is 1.10 bits per heavy atom. The molecule has 2 N–H and O–H groups in total. The van der Waals surface area contributed by atoms with Crippen molar-refractivity contribution in [2.45, 2.75) is 39.8 Å². The summed E-state index contributed by atoms with van der Waals surface area (Å²) in [6, 6.07) is 0.317. The van der Waals surface area contributed by atoms with Crippen LogP contribution in [-0.2, 0) is 0 Å². The number of hydrogen-bond donors (Lipinski definition) is 2. The van der Waals surface area contributed by atoms with Gasteiger partial charge in [0.15, 0.2) is 0 Å². The van der Waals surface area contributed by atoms with E-state index >= 15 is 0 Å². The molecular weight excluding hydrogens is 288 g/mol. The van der Waals surface area contributed by atoms with Crippen LogP contribution in [0.2, 0.25) is 0 Å². The highest BCUT2D eigenvalue weighted by molar-refractivity contribution is 7.09. The van der Waals surface area contributed by atoms with Crippen LogP contribution in [0.4, 0.5) is 11.9 Å². The van der Waals surface area contributed by atoms with Gasteiger partial charge in [0.05, 0.1) is 12.1 Å². The zero-order chi connectivity index (χ0) is 15.4. The molecule has 0 aliphatic carbocycles. The molecule has 2 aromatic heterocycles. The topological polar surface area (TPSA) is 84.9 Å². The molecular formula is C13H20N6OS. The van der Waals surface area contributed by atoms with Gasteiger partial charge in [0.1, 0.15) is 5.01 Å². The second-order valence-electron chi connectivity index (χ2n) is 4.87. The second-order valence-corrected chi connectivity index (χ2v) is 5.76. The molecule has 2 heterocycles. The zero-order valence-corrected chi connectivity index (χ0v) is 13.7. The Bertz CT molecular complexity index is 600. The maximum Gasteiger partial charge on any atom is 0.323 e. The molecule has 0 aliphatic heterocycles. The molecule has 21 heavy (non-hydrogen) atoms. The Labute approximate surface area is 128 Å². The fourth-order valence-corrected chi connectivity index (χ4v) is 2.43. The van der Waals surface area contributed by atoms with Crippen molar-refractivity contribution in [2.75, 3.05) is 17.7 Å². The predicted octanol–water partition coefficient (Wildman–Crippen LogP) is 2.64. The first kappa shape index (κ1) is 15.4. The smallest absolute Gasteiger partial charge is 0.323 e. The van der Waals surface area contributed by atoms with E-state index in [9.17, 15) is 0 Å². The van der Waals surface area contributed by atoms with Crippen LogP contribution < -0.4 is 15.4 Å². The number of anilines is 2. The predicted molar refractivity (Wildman–Crippen MR) is 84.0 cm³/mol. The molecule has 0 saturated heterocycles. The Kier molecular flexibility index (Phi) is 4.89. The van der Waals surface area contributed by atoms with Crippen molar-refractivity contribution in [3.05, 3.63) is 16.1 Å². The Hall–Kier alpha value is -1.96. The summed E-state index contributed by atoms with van der Waals surface area (Å²) in [4.78, 5) is 17.2. The lowest BCUT2D eigenvalue weighted by Gasteiger charge is -2.14. The Morgan fingerprint density at radius 3 is 2.38 bits per heavy atom. The average Bonchev–Trinajstić information content (AvgIpc) is 2.84. The van der Waals surface area contributed by atoms with Crippen LogP contribution in [0.1, 0.15) is 37.5 Å². The van der Waals surface area contributed by atoms with Gasteiger partial charge in [0.2, 0.25) is 11.9 Å². The maximum atomic E-state index is 5.53. The van der Waals surface area contributed by atoms with Gasteiger partial charge in [-0.25, -0.2) is 4.98 Å². The Balaban J connectivity index is 2.18. The SMILES string of the molecule is CNc1nc(NC(C)c2nc(C)cs2)nc(OC(C)C)n1. The number of nitrogens with one attached hydrogen (secondary N) is 2. The van der Waals surface area contributed by atoms with Gasteiger partial charge >= 0.3 is 6.01 Å². The molecule has 1 unspecified atom stereocenters. The van der Waals surface area contributed by atoms with Crippen molar-refractivity contribution in [1.29, 1.82) is 0 Å².